The number of benzene rings is 2. The van der Waals surface area contributed by atoms with Gasteiger partial charge < -0.3 is 5.11 Å². The van der Waals surface area contributed by atoms with Gasteiger partial charge in [0.2, 0.25) is 0 Å². The van der Waals surface area contributed by atoms with Crippen molar-refractivity contribution in [1.29, 1.82) is 0 Å². The molecule has 3 N–H and O–H groups in total. The number of hydrogen-bond donors (Lipinski definition) is 3. The Bertz CT molecular complexity index is 748. The molecule has 0 heterocycles. The number of phenolic OH excluding ortho intramolecular Hbond substituents is 1. The highest BCUT2D eigenvalue weighted by Crippen LogP contribution is 2.52. The maximum Gasteiger partial charge on any atom is 0.570 e. The summed E-state index contributed by atoms with van der Waals surface area (Å²) in [6.45, 7) is 8.27. The number of phenols is 1. The fourth-order valence-electron chi connectivity index (χ4n) is 3.04. The van der Waals surface area contributed by atoms with Gasteiger partial charge in [-0.05, 0) is 65.6 Å². The van der Waals surface area contributed by atoms with Gasteiger partial charge in [0.15, 0.2) is 0 Å². The van der Waals surface area contributed by atoms with Gasteiger partial charge in [0.25, 0.3) is 0 Å². The van der Waals surface area contributed by atoms with Gasteiger partial charge in [-0.3, -0.25) is 0 Å². The summed E-state index contributed by atoms with van der Waals surface area (Å²) < 4.78 is 9.60. The molecule has 2 aromatic carbocycles. The molecule has 26 heavy (non-hydrogen) atoms. The Morgan fingerprint density at radius 3 is 2.15 bits per heavy atom. The van der Waals surface area contributed by atoms with Crippen LogP contribution in [0.1, 0.15) is 53.1 Å². The predicted molar refractivity (Wildman–Crippen MR) is 104 cm³/mol. The number of rotatable bonds is 7. The van der Waals surface area contributed by atoms with Crippen molar-refractivity contribution in [2.24, 2.45) is 0 Å². The highest BCUT2D eigenvalue weighted by Gasteiger charge is 2.37. The average Bonchev–Trinajstić information content (AvgIpc) is 2.57. The predicted octanol–water partition coefficient (Wildman–Crippen LogP) is 4.55. The lowest BCUT2D eigenvalue weighted by atomic mass is 9.92. The number of aryl methyl sites for hydroxylation is 2. The molecule has 0 saturated heterocycles. The van der Waals surface area contributed by atoms with E-state index in [0.29, 0.717) is 5.75 Å². The minimum atomic E-state index is -3.73. The zero-order chi connectivity index (χ0) is 19.5. The molecule has 0 aliphatic rings. The Morgan fingerprint density at radius 1 is 1.00 bits per heavy atom. The van der Waals surface area contributed by atoms with Crippen molar-refractivity contribution in [3.63, 3.8) is 0 Å². The summed E-state index contributed by atoms with van der Waals surface area (Å²) in [6, 6.07) is 9.74. The smallest absolute Gasteiger partial charge is 0.508 e. The number of hydrogen-bond acceptors (Lipinski definition) is 5. The molecule has 6 heteroatoms. The first-order valence-corrected chi connectivity index (χ1v) is 10.1. The molecule has 2 aromatic rings. The molecule has 0 saturated carbocycles. The van der Waals surface area contributed by atoms with E-state index < -0.39 is 8.17 Å². The summed E-state index contributed by atoms with van der Waals surface area (Å²) in [4.78, 5) is 18.9. The zero-order valence-corrected chi connectivity index (χ0v) is 16.9. The first-order chi connectivity index (χ1) is 12.1. The summed E-state index contributed by atoms with van der Waals surface area (Å²) in [5.41, 5.74) is 6.40. The van der Waals surface area contributed by atoms with E-state index in [9.17, 15) is 14.9 Å². The second kappa shape index (κ2) is 8.47. The third-order valence-corrected chi connectivity index (χ3v) is 5.43. The van der Waals surface area contributed by atoms with E-state index in [4.69, 9.17) is 4.52 Å². The van der Waals surface area contributed by atoms with Crippen molar-refractivity contribution in [3.05, 3.63) is 63.7 Å². The average molecular weight is 379 g/mol. The van der Waals surface area contributed by atoms with Gasteiger partial charge in [0.05, 0.1) is 7.11 Å². The molecule has 142 valence electrons. The topological polar surface area (TPSA) is 79.2 Å². The summed E-state index contributed by atoms with van der Waals surface area (Å²) in [5, 5.41) is 10.00. The van der Waals surface area contributed by atoms with Crippen LogP contribution < -0.4 is 0 Å². The Morgan fingerprint density at radius 2 is 1.62 bits per heavy atom. The molecule has 0 fully saturated rings. The molecular weight excluding hydrogens is 351 g/mol. The highest BCUT2D eigenvalue weighted by molar-refractivity contribution is 7.54. The van der Waals surface area contributed by atoms with Crippen LogP contribution in [-0.4, -0.2) is 22.0 Å². The van der Waals surface area contributed by atoms with Crippen LogP contribution in [0.3, 0.4) is 0 Å². The third kappa shape index (κ3) is 5.26. The quantitative estimate of drug-likeness (QED) is 0.615. The summed E-state index contributed by atoms with van der Waals surface area (Å²) in [5.74, 6) is 0.598. The molecule has 0 aromatic heterocycles. The lowest BCUT2D eigenvalue weighted by molar-refractivity contribution is 0.131. The van der Waals surface area contributed by atoms with E-state index in [2.05, 4.69) is 24.4 Å². The molecule has 0 bridgehead atoms. The normalized spacial score (nSPS) is 12.0. The van der Waals surface area contributed by atoms with E-state index >= 15 is 0 Å². The fraction of sp³-hybridized carbons (Fsp3) is 0.400. The first-order valence-electron chi connectivity index (χ1n) is 8.58. The number of aromatic hydroxyl groups is 1. The molecule has 5 nitrogen and oxygen atoms in total. The highest BCUT2D eigenvalue weighted by atomic mass is 31.2. The van der Waals surface area contributed by atoms with Crippen LogP contribution in [-0.2, 0) is 22.1 Å². The maximum absolute atomic E-state index is 10.00. The molecule has 0 aliphatic heterocycles. The lowest BCUT2D eigenvalue weighted by Gasteiger charge is -2.15. The van der Waals surface area contributed by atoms with Crippen molar-refractivity contribution < 1.29 is 23.9 Å². The molecule has 0 atom stereocenters. The Balaban J connectivity index is 2.22. The van der Waals surface area contributed by atoms with Gasteiger partial charge in [-0.1, -0.05) is 38.1 Å². The van der Waals surface area contributed by atoms with E-state index in [-0.39, 0.29) is 12.5 Å². The molecule has 0 radical (unpaired) electrons. The van der Waals surface area contributed by atoms with E-state index in [0.717, 1.165) is 34.2 Å². The standard InChI is InChI=1S/C20H27O5P/c1-13(2)18-10-16(6-7-20(18)21)11-19-14(3)8-17(9-15(19)4)12-25-26(22,23)24-5/h6-10,13,22-23H,11-12H2,1-5H3/p+1. The van der Waals surface area contributed by atoms with Gasteiger partial charge >= 0.3 is 8.17 Å². The van der Waals surface area contributed by atoms with Crippen molar-refractivity contribution >= 4 is 8.17 Å². The maximum atomic E-state index is 10.00. The van der Waals surface area contributed by atoms with Gasteiger partial charge in [0, 0.05) is 0 Å². The van der Waals surface area contributed by atoms with Crippen LogP contribution in [0, 0.1) is 13.8 Å². The molecule has 0 aliphatic carbocycles. The van der Waals surface area contributed by atoms with Crippen LogP contribution >= 0.6 is 8.17 Å². The minimum Gasteiger partial charge on any atom is -0.508 e. The van der Waals surface area contributed by atoms with Crippen molar-refractivity contribution in [2.45, 2.75) is 46.6 Å². The summed E-state index contributed by atoms with van der Waals surface area (Å²) in [7, 11) is -2.52. The summed E-state index contributed by atoms with van der Waals surface area (Å²) in [6.07, 6.45) is 0.772. The molecule has 0 spiro atoms. The zero-order valence-electron chi connectivity index (χ0n) is 16.0. The Kier molecular flexibility index (Phi) is 6.78. The molecule has 0 amide bonds. The second-order valence-electron chi connectivity index (χ2n) is 6.88. The van der Waals surface area contributed by atoms with Crippen molar-refractivity contribution in [1.82, 2.24) is 0 Å². The Labute approximate surface area is 155 Å². The summed E-state index contributed by atoms with van der Waals surface area (Å²) >= 11 is 0. The van der Waals surface area contributed by atoms with Gasteiger partial charge in [-0.2, -0.15) is 14.3 Å². The van der Waals surface area contributed by atoms with Gasteiger partial charge in [-0.25, -0.2) is 0 Å². The van der Waals surface area contributed by atoms with Crippen LogP contribution in [0.2, 0.25) is 0 Å². The van der Waals surface area contributed by atoms with Crippen LogP contribution in [0.4, 0.5) is 0 Å². The largest absolute Gasteiger partial charge is 0.570 e. The fourth-order valence-corrected chi connectivity index (χ4v) is 3.46. The monoisotopic (exact) mass is 379 g/mol. The van der Waals surface area contributed by atoms with E-state index in [1.54, 1.807) is 6.07 Å². The second-order valence-corrected chi connectivity index (χ2v) is 8.48. The Hall–Kier alpha value is -1.49. The molecule has 0 unspecified atom stereocenters. The van der Waals surface area contributed by atoms with Gasteiger partial charge in [0.1, 0.15) is 12.4 Å². The van der Waals surface area contributed by atoms with E-state index in [1.165, 1.54) is 12.7 Å². The molecule has 2 rings (SSSR count). The molecular formula is C20H28O5P+. The van der Waals surface area contributed by atoms with Crippen molar-refractivity contribution in [3.8, 4) is 5.75 Å². The van der Waals surface area contributed by atoms with Crippen molar-refractivity contribution in [2.75, 3.05) is 7.11 Å². The first kappa shape index (κ1) is 20.8. The third-order valence-electron chi connectivity index (χ3n) is 4.49. The lowest BCUT2D eigenvalue weighted by Crippen LogP contribution is -2.02. The van der Waals surface area contributed by atoms with Crippen LogP contribution in [0.25, 0.3) is 0 Å². The SMILES string of the molecule is CO[P+](O)(O)OCc1cc(C)c(Cc2ccc(O)c(C(C)C)c2)c(C)c1. The van der Waals surface area contributed by atoms with Crippen LogP contribution in [0.5, 0.6) is 5.75 Å². The van der Waals surface area contributed by atoms with Crippen LogP contribution in [0.15, 0.2) is 30.3 Å². The minimum absolute atomic E-state index is 0.0767. The van der Waals surface area contributed by atoms with E-state index in [1.807, 2.05) is 32.0 Å². The van der Waals surface area contributed by atoms with Gasteiger partial charge in [-0.15, -0.1) is 4.52 Å².